The maximum Gasteiger partial charge on any atom is 0.262 e. The lowest BCUT2D eigenvalue weighted by molar-refractivity contribution is -0.118. The maximum atomic E-state index is 11.9. The van der Waals surface area contributed by atoms with Crippen molar-refractivity contribution in [2.24, 2.45) is 0 Å². The predicted octanol–water partition coefficient (Wildman–Crippen LogP) is 4.97. The van der Waals surface area contributed by atoms with Crippen molar-refractivity contribution in [2.45, 2.75) is 6.92 Å². The summed E-state index contributed by atoms with van der Waals surface area (Å²) in [6.45, 7) is 1.62. The molecule has 0 atom stereocenters. The van der Waals surface area contributed by atoms with Crippen LogP contribution >= 0.6 is 34.8 Å². The van der Waals surface area contributed by atoms with Crippen molar-refractivity contribution in [3.05, 3.63) is 57.0 Å². The van der Waals surface area contributed by atoms with Gasteiger partial charge in [-0.15, -0.1) is 0 Å². The van der Waals surface area contributed by atoms with E-state index in [2.05, 4.69) is 5.32 Å². The summed E-state index contributed by atoms with van der Waals surface area (Å²) in [6.07, 6.45) is 0. The minimum absolute atomic E-state index is 0.199. The molecule has 2 aromatic rings. The molecule has 1 amide bonds. The lowest BCUT2D eigenvalue weighted by Crippen LogP contribution is -2.20. The zero-order chi connectivity index (χ0) is 15.4. The molecule has 21 heavy (non-hydrogen) atoms. The van der Waals surface area contributed by atoms with Gasteiger partial charge in [-0.3, -0.25) is 4.79 Å². The Morgan fingerprint density at radius 3 is 2.29 bits per heavy atom. The average Bonchev–Trinajstić information content (AvgIpc) is 2.43. The molecule has 0 saturated heterocycles. The summed E-state index contributed by atoms with van der Waals surface area (Å²) in [4.78, 5) is 11.9. The van der Waals surface area contributed by atoms with Crippen LogP contribution in [0.3, 0.4) is 0 Å². The summed E-state index contributed by atoms with van der Waals surface area (Å²) in [5.74, 6) is -0.0323. The van der Waals surface area contributed by atoms with Gasteiger partial charge in [-0.25, -0.2) is 0 Å². The highest BCUT2D eigenvalue weighted by Crippen LogP contribution is 2.32. The molecule has 0 saturated carbocycles. The molecule has 2 rings (SSSR count). The van der Waals surface area contributed by atoms with Crippen LogP contribution in [0, 0.1) is 6.92 Å². The van der Waals surface area contributed by atoms with Crippen LogP contribution in [0.25, 0.3) is 0 Å². The van der Waals surface area contributed by atoms with E-state index in [1.807, 2.05) is 6.92 Å². The summed E-state index contributed by atoms with van der Waals surface area (Å²) >= 11 is 17.9. The molecule has 0 aliphatic carbocycles. The van der Waals surface area contributed by atoms with E-state index in [0.29, 0.717) is 26.5 Å². The van der Waals surface area contributed by atoms with Gasteiger partial charge in [-0.05, 0) is 36.8 Å². The van der Waals surface area contributed by atoms with E-state index in [9.17, 15) is 4.79 Å². The number of carbonyl (C=O) groups excluding carboxylic acids is 1. The highest BCUT2D eigenvalue weighted by Gasteiger charge is 2.11. The molecule has 0 fully saturated rings. The summed E-state index contributed by atoms with van der Waals surface area (Å²) in [7, 11) is 0. The van der Waals surface area contributed by atoms with Gasteiger partial charge < -0.3 is 10.1 Å². The number of nitrogens with one attached hydrogen (secondary N) is 1. The number of carbonyl (C=O) groups is 1. The molecule has 0 unspecified atom stereocenters. The first kappa shape index (κ1) is 16.0. The molecular formula is C15H12Cl3NO2. The van der Waals surface area contributed by atoms with Gasteiger partial charge in [0.2, 0.25) is 0 Å². The highest BCUT2D eigenvalue weighted by atomic mass is 35.5. The van der Waals surface area contributed by atoms with Crippen LogP contribution in [0.15, 0.2) is 36.4 Å². The third kappa shape index (κ3) is 4.03. The molecule has 2 aromatic carbocycles. The molecule has 1 N–H and O–H groups in total. The van der Waals surface area contributed by atoms with Gasteiger partial charge in [-0.1, -0.05) is 46.9 Å². The number of para-hydroxylation sites is 1. The quantitative estimate of drug-likeness (QED) is 0.850. The van der Waals surface area contributed by atoms with Crippen molar-refractivity contribution >= 4 is 46.4 Å². The molecule has 3 nitrogen and oxygen atoms in total. The monoisotopic (exact) mass is 343 g/mol. The number of hydrogen-bond donors (Lipinski definition) is 1. The summed E-state index contributed by atoms with van der Waals surface area (Å²) in [5, 5.41) is 4.02. The molecule has 0 spiro atoms. The second kappa shape index (κ2) is 7.03. The van der Waals surface area contributed by atoms with Crippen LogP contribution in [-0.2, 0) is 4.79 Å². The third-order valence-corrected chi connectivity index (χ3v) is 3.81. The first-order valence-electron chi connectivity index (χ1n) is 6.11. The fraction of sp³-hybridized carbons (Fsp3) is 0.133. The van der Waals surface area contributed by atoms with Crippen LogP contribution in [-0.4, -0.2) is 12.5 Å². The van der Waals surface area contributed by atoms with Crippen molar-refractivity contribution in [1.29, 1.82) is 0 Å². The van der Waals surface area contributed by atoms with Gasteiger partial charge in [0.05, 0.1) is 10.0 Å². The number of rotatable bonds is 4. The summed E-state index contributed by atoms with van der Waals surface area (Å²) < 4.78 is 5.36. The molecule has 0 aromatic heterocycles. The Bertz CT molecular complexity index is 654. The molecule has 6 heteroatoms. The minimum Gasteiger partial charge on any atom is -0.481 e. The van der Waals surface area contributed by atoms with Crippen LogP contribution in [0.5, 0.6) is 5.75 Å². The zero-order valence-corrected chi connectivity index (χ0v) is 13.4. The SMILES string of the molecule is Cc1c(Cl)cccc1NC(=O)COc1c(Cl)cccc1Cl. The van der Waals surface area contributed by atoms with Crippen LogP contribution in [0.2, 0.25) is 15.1 Å². The van der Waals surface area contributed by atoms with E-state index in [-0.39, 0.29) is 12.5 Å². The first-order valence-corrected chi connectivity index (χ1v) is 7.24. The van der Waals surface area contributed by atoms with Gasteiger partial charge in [0, 0.05) is 10.7 Å². The first-order chi connectivity index (χ1) is 9.99. The van der Waals surface area contributed by atoms with Crippen molar-refractivity contribution in [1.82, 2.24) is 0 Å². The molecule has 0 aliphatic rings. The Labute approximate surface area is 137 Å². The Hall–Kier alpha value is -1.42. The smallest absolute Gasteiger partial charge is 0.262 e. The van der Waals surface area contributed by atoms with Gasteiger partial charge in [0.1, 0.15) is 0 Å². The predicted molar refractivity (Wildman–Crippen MR) is 86.8 cm³/mol. The second-order valence-corrected chi connectivity index (χ2v) is 5.52. The van der Waals surface area contributed by atoms with E-state index < -0.39 is 0 Å². The largest absolute Gasteiger partial charge is 0.481 e. The third-order valence-electron chi connectivity index (χ3n) is 2.81. The van der Waals surface area contributed by atoms with E-state index in [1.165, 1.54) is 0 Å². The highest BCUT2D eigenvalue weighted by molar-refractivity contribution is 6.37. The zero-order valence-electron chi connectivity index (χ0n) is 11.1. The van der Waals surface area contributed by atoms with Crippen molar-refractivity contribution in [2.75, 3.05) is 11.9 Å². The van der Waals surface area contributed by atoms with Crippen LogP contribution in [0.4, 0.5) is 5.69 Å². The lowest BCUT2D eigenvalue weighted by atomic mass is 10.2. The average molecular weight is 345 g/mol. The Morgan fingerprint density at radius 1 is 1.05 bits per heavy atom. The van der Waals surface area contributed by atoms with Crippen molar-refractivity contribution in [3.8, 4) is 5.75 Å². The van der Waals surface area contributed by atoms with Crippen LogP contribution in [0.1, 0.15) is 5.56 Å². The Morgan fingerprint density at radius 2 is 1.62 bits per heavy atom. The van der Waals surface area contributed by atoms with Crippen LogP contribution < -0.4 is 10.1 Å². The molecule has 110 valence electrons. The van der Waals surface area contributed by atoms with Gasteiger partial charge in [0.15, 0.2) is 12.4 Å². The Balaban J connectivity index is 2.01. The topological polar surface area (TPSA) is 38.3 Å². The molecule has 0 radical (unpaired) electrons. The van der Waals surface area contributed by atoms with E-state index >= 15 is 0 Å². The van der Waals surface area contributed by atoms with Crippen molar-refractivity contribution < 1.29 is 9.53 Å². The van der Waals surface area contributed by atoms with E-state index in [4.69, 9.17) is 39.5 Å². The van der Waals surface area contributed by atoms with Gasteiger partial charge in [0.25, 0.3) is 5.91 Å². The fourth-order valence-corrected chi connectivity index (χ4v) is 2.37. The molecule has 0 bridgehead atoms. The number of anilines is 1. The fourth-order valence-electron chi connectivity index (χ4n) is 1.69. The van der Waals surface area contributed by atoms with Gasteiger partial charge in [-0.2, -0.15) is 0 Å². The standard InChI is InChI=1S/C15H12Cl3NO2/c1-9-10(16)4-3-7-13(9)19-14(20)8-21-15-11(17)5-2-6-12(15)18/h2-7H,8H2,1H3,(H,19,20). The van der Waals surface area contributed by atoms with Crippen molar-refractivity contribution in [3.63, 3.8) is 0 Å². The summed E-state index contributed by atoms with van der Waals surface area (Å²) in [5.41, 5.74) is 1.43. The van der Waals surface area contributed by atoms with E-state index in [1.54, 1.807) is 36.4 Å². The Kier molecular flexibility index (Phi) is 5.34. The number of ether oxygens (including phenoxy) is 1. The number of benzene rings is 2. The normalized spacial score (nSPS) is 10.3. The number of halogens is 3. The van der Waals surface area contributed by atoms with E-state index in [0.717, 1.165) is 5.56 Å². The number of amides is 1. The maximum absolute atomic E-state index is 11.9. The summed E-state index contributed by atoms with van der Waals surface area (Å²) in [6, 6.07) is 10.3. The number of hydrogen-bond acceptors (Lipinski definition) is 2. The lowest BCUT2D eigenvalue weighted by Gasteiger charge is -2.11. The molecular weight excluding hydrogens is 333 g/mol. The molecule has 0 heterocycles. The second-order valence-electron chi connectivity index (χ2n) is 4.30. The van der Waals surface area contributed by atoms with Gasteiger partial charge >= 0.3 is 0 Å². The minimum atomic E-state index is -0.323. The molecule has 0 aliphatic heterocycles.